The van der Waals surface area contributed by atoms with E-state index in [1.165, 1.54) is 0 Å². The Hall–Kier alpha value is -1.82. The maximum Gasteiger partial charge on any atom is 0.231 e. The van der Waals surface area contributed by atoms with E-state index in [0.29, 0.717) is 6.54 Å². The molecule has 0 aliphatic carbocycles. The van der Waals surface area contributed by atoms with Crippen LogP contribution in [0.1, 0.15) is 44.6 Å². The summed E-state index contributed by atoms with van der Waals surface area (Å²) in [5, 5.41) is 0. The van der Waals surface area contributed by atoms with E-state index >= 15 is 0 Å². The second-order valence-corrected chi connectivity index (χ2v) is 8.66. The Morgan fingerprint density at radius 2 is 1.89 bits per heavy atom. The van der Waals surface area contributed by atoms with Crippen molar-refractivity contribution in [1.29, 1.82) is 0 Å². The molecule has 2 amide bonds. The number of hydrogen-bond donors (Lipinski definition) is 0. The van der Waals surface area contributed by atoms with E-state index in [1.54, 1.807) is 6.92 Å². The average Bonchev–Trinajstić information content (AvgIpc) is 3.29. The molecule has 6 heteroatoms. The van der Waals surface area contributed by atoms with E-state index in [2.05, 4.69) is 11.8 Å². The van der Waals surface area contributed by atoms with Crippen LogP contribution in [0.15, 0.2) is 16.5 Å². The minimum atomic E-state index is -0.373. The minimum absolute atomic E-state index is 0.0742. The van der Waals surface area contributed by atoms with Gasteiger partial charge in [0.2, 0.25) is 11.8 Å². The van der Waals surface area contributed by atoms with Gasteiger partial charge < -0.3 is 14.2 Å². The second kappa shape index (κ2) is 6.66. The Bertz CT molecular complexity index is 735. The molecule has 0 N–H and O–H groups in total. The number of likely N-dealkylation sites (tertiary alicyclic amines) is 3. The topological polar surface area (TPSA) is 57.0 Å². The molecule has 3 aliphatic rings. The molecule has 6 nitrogen and oxygen atoms in total. The number of carbonyl (C=O) groups is 2. The molecule has 3 saturated heterocycles. The van der Waals surface area contributed by atoms with Crippen molar-refractivity contribution in [3.8, 4) is 0 Å². The highest BCUT2D eigenvalue weighted by Crippen LogP contribution is 2.57. The fraction of sp³-hybridized carbons (Fsp3) is 0.714. The maximum atomic E-state index is 13.3. The highest BCUT2D eigenvalue weighted by molar-refractivity contribution is 5.88. The summed E-state index contributed by atoms with van der Waals surface area (Å²) in [4.78, 5) is 31.8. The van der Waals surface area contributed by atoms with E-state index < -0.39 is 0 Å². The Kier molecular flexibility index (Phi) is 4.57. The predicted octanol–water partition coefficient (Wildman–Crippen LogP) is 2.27. The second-order valence-electron chi connectivity index (χ2n) is 8.66. The summed E-state index contributed by atoms with van der Waals surface area (Å²) in [5.74, 6) is 2.33. The zero-order chi connectivity index (χ0) is 19.2. The molecule has 148 valence electrons. The largest absolute Gasteiger partial charge is 0.465 e. The Balaban J connectivity index is 1.53. The van der Waals surface area contributed by atoms with Crippen LogP contribution >= 0.6 is 0 Å². The molecule has 1 aromatic heterocycles. The van der Waals surface area contributed by atoms with Gasteiger partial charge in [0.15, 0.2) is 0 Å². The van der Waals surface area contributed by atoms with Crippen LogP contribution in [0, 0.1) is 17.8 Å². The summed E-state index contributed by atoms with van der Waals surface area (Å²) >= 11 is 0. The summed E-state index contributed by atoms with van der Waals surface area (Å²) in [6.07, 6.45) is 2.83. The first-order chi connectivity index (χ1) is 12.9. The highest BCUT2D eigenvalue weighted by atomic mass is 16.3. The summed E-state index contributed by atoms with van der Waals surface area (Å²) in [6.45, 7) is 11.3. The van der Waals surface area contributed by atoms with Gasteiger partial charge in [-0.2, -0.15) is 0 Å². The van der Waals surface area contributed by atoms with Crippen LogP contribution in [0.5, 0.6) is 0 Å². The molecule has 4 rings (SSSR count). The monoisotopic (exact) mass is 373 g/mol. The van der Waals surface area contributed by atoms with Crippen LogP contribution in [-0.2, 0) is 16.1 Å². The summed E-state index contributed by atoms with van der Waals surface area (Å²) in [5.41, 5.74) is -0.447. The molecule has 1 aromatic rings. The number of piperidine rings is 1. The van der Waals surface area contributed by atoms with Gasteiger partial charge in [-0.15, -0.1) is 0 Å². The third kappa shape index (κ3) is 2.89. The van der Waals surface area contributed by atoms with E-state index in [-0.39, 0.29) is 22.6 Å². The van der Waals surface area contributed by atoms with Crippen molar-refractivity contribution >= 4 is 11.8 Å². The molecule has 4 heterocycles. The fourth-order valence-corrected chi connectivity index (χ4v) is 5.63. The summed E-state index contributed by atoms with van der Waals surface area (Å²) in [6, 6.07) is 4.06. The Morgan fingerprint density at radius 3 is 2.44 bits per heavy atom. The molecule has 27 heavy (non-hydrogen) atoms. The predicted molar refractivity (Wildman–Crippen MR) is 102 cm³/mol. The summed E-state index contributed by atoms with van der Waals surface area (Å²) < 4.78 is 5.74. The number of carbonyl (C=O) groups excluding carboxylic acids is 2. The lowest BCUT2D eigenvalue weighted by molar-refractivity contribution is -0.142. The third-order valence-corrected chi connectivity index (χ3v) is 7.29. The molecule has 2 spiro atoms. The molecule has 0 bridgehead atoms. The van der Waals surface area contributed by atoms with E-state index in [0.717, 1.165) is 70.1 Å². The van der Waals surface area contributed by atoms with Gasteiger partial charge in [-0.25, -0.2) is 0 Å². The smallest absolute Gasteiger partial charge is 0.231 e. The normalized spacial score (nSPS) is 28.0. The van der Waals surface area contributed by atoms with Gasteiger partial charge >= 0.3 is 0 Å². The zero-order valence-electron chi connectivity index (χ0n) is 16.8. The lowest BCUT2D eigenvalue weighted by atomic mass is 9.60. The number of amides is 2. The third-order valence-electron chi connectivity index (χ3n) is 7.29. The molecule has 0 aromatic carbocycles. The first kappa shape index (κ1) is 18.5. The Labute approximate surface area is 161 Å². The molecular formula is C21H31N3O3. The van der Waals surface area contributed by atoms with Crippen molar-refractivity contribution in [2.45, 2.75) is 46.6 Å². The number of aryl methyl sites for hydroxylation is 1. The van der Waals surface area contributed by atoms with Crippen LogP contribution in [0.4, 0.5) is 0 Å². The molecule has 1 atom stereocenters. The zero-order valence-corrected chi connectivity index (χ0v) is 16.8. The van der Waals surface area contributed by atoms with E-state index in [9.17, 15) is 9.59 Å². The molecule has 3 fully saturated rings. The van der Waals surface area contributed by atoms with Crippen molar-refractivity contribution in [3.05, 3.63) is 23.7 Å². The van der Waals surface area contributed by atoms with Crippen molar-refractivity contribution < 1.29 is 14.0 Å². The number of furan rings is 1. The average molecular weight is 373 g/mol. The standard InChI is InChI=1S/C21H31N3O3/c1-4-23-12-9-21(19(23)26)15-24(17(3)25)14-20(21)7-10-22(11-8-20)13-18-6-5-16(2)27-18/h5-6H,4,7-15H2,1-3H3/t21-/m0/s1. The van der Waals surface area contributed by atoms with Crippen LogP contribution in [0.3, 0.4) is 0 Å². The van der Waals surface area contributed by atoms with E-state index in [4.69, 9.17) is 4.42 Å². The quantitative estimate of drug-likeness (QED) is 0.816. The lowest BCUT2D eigenvalue weighted by Crippen LogP contribution is -2.52. The highest BCUT2D eigenvalue weighted by Gasteiger charge is 2.65. The number of nitrogens with zero attached hydrogens (tertiary/aromatic N) is 3. The number of rotatable bonds is 3. The van der Waals surface area contributed by atoms with E-state index in [1.807, 2.05) is 28.9 Å². The van der Waals surface area contributed by atoms with Crippen LogP contribution in [-0.4, -0.2) is 65.8 Å². The van der Waals surface area contributed by atoms with Crippen LogP contribution < -0.4 is 0 Å². The summed E-state index contributed by atoms with van der Waals surface area (Å²) in [7, 11) is 0. The molecule has 0 saturated carbocycles. The van der Waals surface area contributed by atoms with Crippen molar-refractivity contribution in [1.82, 2.24) is 14.7 Å². The van der Waals surface area contributed by atoms with Crippen molar-refractivity contribution in [3.63, 3.8) is 0 Å². The number of fused-ring (bicyclic) bond motifs is 1. The SMILES string of the molecule is CCN1CC[C@]2(CN(C(C)=O)CC23CCN(Cc2ccc(C)o2)CC3)C1=O. The van der Waals surface area contributed by atoms with Crippen molar-refractivity contribution in [2.75, 3.05) is 39.3 Å². The lowest BCUT2D eigenvalue weighted by Gasteiger charge is -2.46. The van der Waals surface area contributed by atoms with Crippen molar-refractivity contribution in [2.24, 2.45) is 10.8 Å². The first-order valence-electron chi connectivity index (χ1n) is 10.2. The van der Waals surface area contributed by atoms with Gasteiger partial charge in [0, 0.05) is 38.5 Å². The first-order valence-corrected chi connectivity index (χ1v) is 10.2. The van der Waals surface area contributed by atoms with Gasteiger partial charge in [0.25, 0.3) is 0 Å². The molecule has 0 radical (unpaired) electrons. The maximum absolute atomic E-state index is 13.3. The van der Waals surface area contributed by atoms with Gasteiger partial charge in [0.05, 0.1) is 12.0 Å². The fourth-order valence-electron chi connectivity index (χ4n) is 5.63. The van der Waals surface area contributed by atoms with Crippen LogP contribution in [0.2, 0.25) is 0 Å². The molecular weight excluding hydrogens is 342 g/mol. The minimum Gasteiger partial charge on any atom is -0.465 e. The number of hydrogen-bond acceptors (Lipinski definition) is 4. The van der Waals surface area contributed by atoms with Gasteiger partial charge in [0.1, 0.15) is 11.5 Å². The molecule has 3 aliphatic heterocycles. The molecule has 0 unspecified atom stereocenters. The Morgan fingerprint density at radius 1 is 1.15 bits per heavy atom. The van der Waals surface area contributed by atoms with Gasteiger partial charge in [-0.05, 0) is 58.3 Å². The van der Waals surface area contributed by atoms with Crippen LogP contribution in [0.25, 0.3) is 0 Å². The van der Waals surface area contributed by atoms with Gasteiger partial charge in [-0.3, -0.25) is 14.5 Å². The van der Waals surface area contributed by atoms with Gasteiger partial charge in [-0.1, -0.05) is 0 Å².